The summed E-state index contributed by atoms with van der Waals surface area (Å²) in [6, 6.07) is 72.0. The van der Waals surface area contributed by atoms with Crippen LogP contribution in [0.1, 0.15) is 73.6 Å². The summed E-state index contributed by atoms with van der Waals surface area (Å²) in [7, 11) is 0. The summed E-state index contributed by atoms with van der Waals surface area (Å²) in [4.78, 5) is 0. The van der Waals surface area contributed by atoms with Crippen molar-refractivity contribution >= 4 is 32.3 Å². The monoisotopic (exact) mass is 790 g/mol. The van der Waals surface area contributed by atoms with E-state index in [1.54, 1.807) is 0 Å². The predicted molar refractivity (Wildman–Crippen MR) is 262 cm³/mol. The van der Waals surface area contributed by atoms with Crippen LogP contribution in [0.25, 0.3) is 88.0 Å². The van der Waals surface area contributed by atoms with Gasteiger partial charge in [-0.3, -0.25) is 0 Å². The largest absolute Gasteiger partial charge is 0.0725 e. The molecule has 0 saturated carbocycles. The van der Waals surface area contributed by atoms with Gasteiger partial charge in [-0.1, -0.05) is 204 Å². The molecule has 3 aliphatic carbocycles. The highest BCUT2D eigenvalue weighted by Gasteiger charge is 2.51. The molecule has 10 aromatic rings. The molecule has 62 heavy (non-hydrogen) atoms. The molecule has 0 atom stereocenters. The number of hydrogen-bond acceptors (Lipinski definition) is 0. The molecule has 0 saturated heterocycles. The molecule has 0 heteroatoms. The van der Waals surface area contributed by atoms with E-state index in [2.05, 4.69) is 223 Å². The highest BCUT2D eigenvalue weighted by atomic mass is 14.5. The van der Waals surface area contributed by atoms with Crippen molar-refractivity contribution in [2.24, 2.45) is 0 Å². The van der Waals surface area contributed by atoms with Crippen LogP contribution in [0.15, 0.2) is 188 Å². The standard InChI is InChI=1S/C62H46/c1-60(2,3)59-49-22-7-6-21-47(49)57(40-30-32-44-43-20-10-13-26-53(43)62(56(44)36-40)51-24-11-8-18-41(51)42-19-9-12-25-52(42)62)48-33-29-38(34-50(48)59)39-28-31-45-46-23-14-16-37-17-15-27-54(58(37)46)61(4,5)55(45)35-39/h6-36H,1-5H3. The summed E-state index contributed by atoms with van der Waals surface area (Å²) in [5, 5.41) is 7.96. The molecule has 0 N–H and O–H groups in total. The zero-order valence-electron chi connectivity index (χ0n) is 35.9. The minimum absolute atomic E-state index is 0.101. The van der Waals surface area contributed by atoms with Gasteiger partial charge in [0, 0.05) is 5.41 Å². The van der Waals surface area contributed by atoms with E-state index in [-0.39, 0.29) is 10.8 Å². The van der Waals surface area contributed by atoms with Crippen LogP contribution in [0.3, 0.4) is 0 Å². The van der Waals surface area contributed by atoms with Crippen molar-refractivity contribution in [3.05, 3.63) is 227 Å². The molecule has 0 nitrogen and oxygen atoms in total. The summed E-state index contributed by atoms with van der Waals surface area (Å²) in [5.74, 6) is 0. The molecule has 0 amide bonds. The fraction of sp³-hybridized carbons (Fsp3) is 0.129. The first-order valence-electron chi connectivity index (χ1n) is 22.3. The average Bonchev–Trinajstić information content (AvgIpc) is 3.76. The van der Waals surface area contributed by atoms with Crippen LogP contribution >= 0.6 is 0 Å². The maximum Gasteiger partial charge on any atom is 0.0725 e. The second-order valence-corrected chi connectivity index (χ2v) is 19.5. The van der Waals surface area contributed by atoms with Crippen molar-refractivity contribution in [2.75, 3.05) is 0 Å². The Labute approximate surface area is 364 Å². The molecule has 0 aromatic heterocycles. The lowest BCUT2D eigenvalue weighted by atomic mass is 9.68. The van der Waals surface area contributed by atoms with Gasteiger partial charge in [-0.15, -0.1) is 0 Å². The van der Waals surface area contributed by atoms with E-state index < -0.39 is 5.41 Å². The molecule has 0 aliphatic heterocycles. The third kappa shape index (κ3) is 4.52. The summed E-state index contributed by atoms with van der Waals surface area (Å²) in [6.07, 6.45) is 0. The van der Waals surface area contributed by atoms with E-state index in [0.717, 1.165) is 0 Å². The Hall–Kier alpha value is -7.02. The topological polar surface area (TPSA) is 0 Å². The Kier molecular flexibility index (Phi) is 7.09. The minimum atomic E-state index is -0.397. The van der Waals surface area contributed by atoms with E-state index >= 15 is 0 Å². The quantitative estimate of drug-likeness (QED) is 0.153. The van der Waals surface area contributed by atoms with E-state index in [1.807, 2.05) is 0 Å². The van der Waals surface area contributed by atoms with Crippen LogP contribution in [0.2, 0.25) is 0 Å². The van der Waals surface area contributed by atoms with Gasteiger partial charge in [0.1, 0.15) is 0 Å². The van der Waals surface area contributed by atoms with Gasteiger partial charge < -0.3 is 0 Å². The minimum Gasteiger partial charge on any atom is -0.0619 e. The molecule has 0 unspecified atom stereocenters. The van der Waals surface area contributed by atoms with Gasteiger partial charge in [0.2, 0.25) is 0 Å². The average molecular weight is 791 g/mol. The Morgan fingerprint density at radius 3 is 1.47 bits per heavy atom. The lowest BCUT2D eigenvalue weighted by Gasteiger charge is -2.35. The van der Waals surface area contributed by atoms with Gasteiger partial charge in [-0.25, -0.2) is 0 Å². The molecule has 10 aromatic carbocycles. The predicted octanol–water partition coefficient (Wildman–Crippen LogP) is 16.4. The van der Waals surface area contributed by atoms with E-state index in [9.17, 15) is 0 Å². The summed E-state index contributed by atoms with van der Waals surface area (Å²) < 4.78 is 0. The first-order chi connectivity index (χ1) is 30.2. The Balaban J connectivity index is 1.06. The zero-order chi connectivity index (χ0) is 41.7. The smallest absolute Gasteiger partial charge is 0.0619 e. The van der Waals surface area contributed by atoms with Crippen LogP contribution in [-0.4, -0.2) is 0 Å². The maximum absolute atomic E-state index is 2.56. The third-order valence-corrected chi connectivity index (χ3v) is 15.0. The third-order valence-electron chi connectivity index (χ3n) is 15.0. The number of rotatable bonds is 2. The van der Waals surface area contributed by atoms with Gasteiger partial charge in [0.25, 0.3) is 0 Å². The summed E-state index contributed by atoms with van der Waals surface area (Å²) in [5.41, 5.74) is 22.1. The second-order valence-electron chi connectivity index (χ2n) is 19.5. The van der Waals surface area contributed by atoms with Gasteiger partial charge in [-0.05, 0) is 151 Å². The van der Waals surface area contributed by atoms with Crippen molar-refractivity contribution in [3.8, 4) is 55.6 Å². The lowest BCUT2D eigenvalue weighted by Crippen LogP contribution is -2.25. The van der Waals surface area contributed by atoms with Crippen molar-refractivity contribution in [2.45, 2.75) is 50.9 Å². The number of hydrogen-bond donors (Lipinski definition) is 0. The first-order valence-corrected chi connectivity index (χ1v) is 22.3. The van der Waals surface area contributed by atoms with Crippen molar-refractivity contribution < 1.29 is 0 Å². The van der Waals surface area contributed by atoms with Gasteiger partial charge in [0.05, 0.1) is 5.41 Å². The van der Waals surface area contributed by atoms with Crippen LogP contribution in [-0.2, 0) is 16.2 Å². The first kappa shape index (κ1) is 35.7. The fourth-order valence-electron chi connectivity index (χ4n) is 12.4. The lowest BCUT2D eigenvalue weighted by molar-refractivity contribution is 0.601. The molecule has 13 rings (SSSR count). The summed E-state index contributed by atoms with van der Waals surface area (Å²) in [6.45, 7) is 11.9. The number of fused-ring (bicyclic) bond motifs is 14. The van der Waals surface area contributed by atoms with Crippen LogP contribution in [0, 0.1) is 0 Å². The Morgan fingerprint density at radius 2 is 0.806 bits per heavy atom. The highest BCUT2D eigenvalue weighted by Crippen LogP contribution is 2.63. The fourth-order valence-corrected chi connectivity index (χ4v) is 12.4. The van der Waals surface area contributed by atoms with E-state index in [1.165, 1.54) is 127 Å². The Morgan fingerprint density at radius 1 is 0.339 bits per heavy atom. The molecule has 0 radical (unpaired) electrons. The molecule has 294 valence electrons. The highest BCUT2D eigenvalue weighted by molar-refractivity contribution is 6.17. The molecule has 0 heterocycles. The maximum atomic E-state index is 2.56. The zero-order valence-corrected chi connectivity index (χ0v) is 35.9. The van der Waals surface area contributed by atoms with Crippen molar-refractivity contribution in [1.82, 2.24) is 0 Å². The van der Waals surface area contributed by atoms with Gasteiger partial charge >= 0.3 is 0 Å². The van der Waals surface area contributed by atoms with Gasteiger partial charge in [-0.2, -0.15) is 0 Å². The molecular weight excluding hydrogens is 745 g/mol. The van der Waals surface area contributed by atoms with Gasteiger partial charge in [0.15, 0.2) is 0 Å². The van der Waals surface area contributed by atoms with Crippen LogP contribution in [0.4, 0.5) is 0 Å². The number of benzene rings is 10. The SMILES string of the molecule is CC(C)(C)c1c2ccccc2c(-c2ccc3c(c2)C2(c4ccccc4-c4ccccc42)c2ccccc2-3)c2ccc(-c3ccc4c(c3)C(C)(C)c3cccc5cccc-4c35)cc12. The second kappa shape index (κ2) is 12.3. The normalized spacial score (nSPS) is 14.8. The van der Waals surface area contributed by atoms with Crippen LogP contribution in [0.5, 0.6) is 0 Å². The molecule has 0 bridgehead atoms. The summed E-state index contributed by atoms with van der Waals surface area (Å²) >= 11 is 0. The Bertz CT molecular complexity index is 3520. The molecular formula is C62H46. The van der Waals surface area contributed by atoms with E-state index in [0.29, 0.717) is 0 Å². The molecule has 0 fully saturated rings. The van der Waals surface area contributed by atoms with Crippen LogP contribution < -0.4 is 0 Å². The van der Waals surface area contributed by atoms with Crippen molar-refractivity contribution in [1.29, 1.82) is 0 Å². The van der Waals surface area contributed by atoms with Crippen molar-refractivity contribution in [3.63, 3.8) is 0 Å². The van der Waals surface area contributed by atoms with E-state index in [4.69, 9.17) is 0 Å². The molecule has 1 spiro atoms. The molecule has 3 aliphatic rings.